The Hall–Kier alpha value is -0.220. The summed E-state index contributed by atoms with van der Waals surface area (Å²) in [5.41, 5.74) is 0. The number of unbranched alkanes of at least 4 members (excludes halogenated alkanes) is 1. The molecule has 15 heavy (non-hydrogen) atoms. The first-order valence-corrected chi connectivity index (χ1v) is 5.96. The maximum absolute atomic E-state index is 12.0. The van der Waals surface area contributed by atoms with Crippen molar-refractivity contribution in [3.05, 3.63) is 0 Å². The zero-order valence-electron chi connectivity index (χ0n) is 9.51. The largest absolute Gasteiger partial charge is 0.307 e. The molecule has 0 spiro atoms. The van der Waals surface area contributed by atoms with E-state index >= 15 is 0 Å². The second-order valence-corrected chi connectivity index (χ2v) is 4.29. The Morgan fingerprint density at radius 3 is 2.93 bits per heavy atom. The van der Waals surface area contributed by atoms with E-state index in [-0.39, 0.29) is 12.6 Å². The van der Waals surface area contributed by atoms with Crippen molar-refractivity contribution in [2.75, 3.05) is 26.2 Å². The third-order valence-corrected chi connectivity index (χ3v) is 2.89. The Labute approximate surface area is 91.0 Å². The number of rotatable bonds is 6. The monoisotopic (exact) mass is 220 g/mol. The van der Waals surface area contributed by atoms with Gasteiger partial charge >= 0.3 is 0 Å². The number of hydrogen-bond donors (Lipinski definition) is 1. The van der Waals surface area contributed by atoms with Gasteiger partial charge < -0.3 is 10.2 Å². The van der Waals surface area contributed by atoms with Crippen molar-refractivity contribution in [2.24, 2.45) is 0 Å². The fourth-order valence-electron chi connectivity index (χ4n) is 2.06. The van der Waals surface area contributed by atoms with Gasteiger partial charge in [0.15, 0.2) is 0 Å². The van der Waals surface area contributed by atoms with Gasteiger partial charge in [-0.2, -0.15) is 0 Å². The second kappa shape index (κ2) is 7.12. The summed E-state index contributed by atoms with van der Waals surface area (Å²) >= 11 is 0. The van der Waals surface area contributed by atoms with Crippen LogP contribution < -0.4 is 5.32 Å². The molecule has 0 amide bonds. The predicted molar refractivity (Wildman–Crippen MR) is 58.4 cm³/mol. The highest BCUT2D eigenvalue weighted by Crippen LogP contribution is 2.11. The van der Waals surface area contributed by atoms with E-state index in [2.05, 4.69) is 17.1 Å². The fraction of sp³-hybridized carbons (Fsp3) is 1.00. The molecule has 1 heterocycles. The maximum Gasteiger partial charge on any atom is 0.250 e. The summed E-state index contributed by atoms with van der Waals surface area (Å²) in [5, 5.41) is 2.94. The topological polar surface area (TPSA) is 15.3 Å². The Morgan fingerprint density at radius 1 is 1.47 bits per heavy atom. The number of piperidine rings is 1. The van der Waals surface area contributed by atoms with Crippen LogP contribution in [0.4, 0.5) is 8.78 Å². The number of halogens is 2. The van der Waals surface area contributed by atoms with Gasteiger partial charge in [-0.15, -0.1) is 0 Å². The van der Waals surface area contributed by atoms with E-state index in [9.17, 15) is 8.78 Å². The quantitative estimate of drug-likeness (QED) is 0.737. The molecule has 0 saturated carbocycles. The molecule has 0 bridgehead atoms. The van der Waals surface area contributed by atoms with Crippen LogP contribution in [0.3, 0.4) is 0 Å². The van der Waals surface area contributed by atoms with Crippen molar-refractivity contribution < 1.29 is 8.78 Å². The molecule has 4 heteroatoms. The lowest BCUT2D eigenvalue weighted by Crippen LogP contribution is -2.47. The van der Waals surface area contributed by atoms with E-state index in [0.29, 0.717) is 0 Å². The summed E-state index contributed by atoms with van der Waals surface area (Å²) in [6, 6.07) is 0.268. The first-order valence-electron chi connectivity index (χ1n) is 5.96. The van der Waals surface area contributed by atoms with Crippen molar-refractivity contribution in [1.82, 2.24) is 10.2 Å². The van der Waals surface area contributed by atoms with E-state index in [0.717, 1.165) is 32.5 Å². The van der Waals surface area contributed by atoms with Gasteiger partial charge in [-0.05, 0) is 32.4 Å². The summed E-state index contributed by atoms with van der Waals surface area (Å²) < 4.78 is 24.0. The highest BCUT2D eigenvalue weighted by molar-refractivity contribution is 4.78. The molecular formula is C11H22F2N2. The van der Waals surface area contributed by atoms with Crippen LogP contribution in [0.5, 0.6) is 0 Å². The molecule has 1 saturated heterocycles. The molecule has 0 radical (unpaired) electrons. The average molecular weight is 220 g/mol. The minimum atomic E-state index is -2.23. The molecule has 1 N–H and O–H groups in total. The highest BCUT2D eigenvalue weighted by Gasteiger charge is 2.19. The lowest BCUT2D eigenvalue weighted by molar-refractivity contribution is 0.126. The van der Waals surface area contributed by atoms with Gasteiger partial charge in [0.05, 0.1) is 6.54 Å². The zero-order valence-corrected chi connectivity index (χ0v) is 9.51. The van der Waals surface area contributed by atoms with Crippen LogP contribution >= 0.6 is 0 Å². The van der Waals surface area contributed by atoms with Crippen LogP contribution in [0.25, 0.3) is 0 Å². The third-order valence-electron chi connectivity index (χ3n) is 2.89. The Kier molecular flexibility index (Phi) is 6.10. The first-order chi connectivity index (χ1) is 7.22. The summed E-state index contributed by atoms with van der Waals surface area (Å²) in [6.07, 6.45) is 2.35. The van der Waals surface area contributed by atoms with Gasteiger partial charge in [0.1, 0.15) is 0 Å². The van der Waals surface area contributed by atoms with Crippen LogP contribution in [0.1, 0.15) is 32.6 Å². The Bertz CT molecular complexity index is 165. The van der Waals surface area contributed by atoms with E-state index in [1.54, 1.807) is 0 Å². The van der Waals surface area contributed by atoms with E-state index in [4.69, 9.17) is 0 Å². The normalized spacial score (nSPS) is 23.6. The van der Waals surface area contributed by atoms with Gasteiger partial charge in [0, 0.05) is 12.6 Å². The van der Waals surface area contributed by atoms with Crippen molar-refractivity contribution in [2.45, 2.75) is 45.1 Å². The maximum atomic E-state index is 12.0. The molecule has 2 nitrogen and oxygen atoms in total. The smallest absolute Gasteiger partial charge is 0.250 e. The summed E-state index contributed by atoms with van der Waals surface area (Å²) in [4.78, 5) is 2.39. The molecule has 1 rings (SSSR count). The van der Waals surface area contributed by atoms with Crippen LogP contribution in [-0.2, 0) is 0 Å². The third kappa shape index (κ3) is 5.42. The minimum Gasteiger partial charge on any atom is -0.307 e. The van der Waals surface area contributed by atoms with E-state index in [1.165, 1.54) is 12.8 Å². The minimum absolute atomic E-state index is 0.160. The second-order valence-electron chi connectivity index (χ2n) is 4.29. The average Bonchev–Trinajstić information content (AvgIpc) is 2.24. The zero-order chi connectivity index (χ0) is 11.1. The molecule has 0 aromatic carbocycles. The lowest BCUT2D eigenvalue weighted by atomic mass is 10.1. The molecule has 1 atom stereocenters. The highest BCUT2D eigenvalue weighted by atomic mass is 19.3. The molecule has 0 aromatic rings. The number of hydrogen-bond acceptors (Lipinski definition) is 2. The molecule has 1 aliphatic heterocycles. The standard InChI is InChI=1S/C11H22F2N2/c1-2-3-6-15-7-4-5-10(9-15)14-8-11(12)13/h10-11,14H,2-9H2,1H3. The number of nitrogens with zero attached hydrogens (tertiary/aromatic N) is 1. The van der Waals surface area contributed by atoms with Crippen molar-refractivity contribution in [3.8, 4) is 0 Å². The Balaban J connectivity index is 2.17. The lowest BCUT2D eigenvalue weighted by Gasteiger charge is -2.33. The van der Waals surface area contributed by atoms with Gasteiger partial charge in [-0.3, -0.25) is 0 Å². The molecule has 1 aliphatic rings. The number of alkyl halides is 2. The molecule has 90 valence electrons. The van der Waals surface area contributed by atoms with Gasteiger partial charge in [0.25, 0.3) is 6.43 Å². The summed E-state index contributed by atoms with van der Waals surface area (Å²) in [5.74, 6) is 0. The SMILES string of the molecule is CCCCN1CCCC(NCC(F)F)C1. The van der Waals surface area contributed by atoms with Crippen LogP contribution in [0, 0.1) is 0 Å². The fourth-order valence-corrected chi connectivity index (χ4v) is 2.06. The van der Waals surface area contributed by atoms with Crippen LogP contribution in [0.2, 0.25) is 0 Å². The Morgan fingerprint density at radius 2 is 2.27 bits per heavy atom. The van der Waals surface area contributed by atoms with Crippen molar-refractivity contribution in [3.63, 3.8) is 0 Å². The van der Waals surface area contributed by atoms with Gasteiger partial charge in [-0.1, -0.05) is 13.3 Å². The van der Waals surface area contributed by atoms with Gasteiger partial charge in [-0.25, -0.2) is 8.78 Å². The van der Waals surface area contributed by atoms with Crippen molar-refractivity contribution >= 4 is 0 Å². The molecule has 0 aliphatic carbocycles. The molecule has 1 fully saturated rings. The number of nitrogens with one attached hydrogen (secondary N) is 1. The van der Waals surface area contributed by atoms with Crippen molar-refractivity contribution in [1.29, 1.82) is 0 Å². The first kappa shape index (κ1) is 12.8. The summed E-state index contributed by atoms with van der Waals surface area (Å²) in [6.45, 7) is 5.20. The van der Waals surface area contributed by atoms with E-state index in [1.807, 2.05) is 0 Å². The molecule has 1 unspecified atom stereocenters. The van der Waals surface area contributed by atoms with Crippen LogP contribution in [-0.4, -0.2) is 43.5 Å². The molecular weight excluding hydrogens is 198 g/mol. The number of likely N-dealkylation sites (tertiary alicyclic amines) is 1. The van der Waals surface area contributed by atoms with Gasteiger partial charge in [0.2, 0.25) is 0 Å². The van der Waals surface area contributed by atoms with Crippen LogP contribution in [0.15, 0.2) is 0 Å². The van der Waals surface area contributed by atoms with E-state index < -0.39 is 6.43 Å². The summed E-state index contributed by atoms with van der Waals surface area (Å²) in [7, 11) is 0. The molecule has 0 aromatic heterocycles. The predicted octanol–water partition coefficient (Wildman–Crippen LogP) is 2.11.